The van der Waals surface area contributed by atoms with Crippen molar-refractivity contribution in [2.24, 2.45) is 5.73 Å². The van der Waals surface area contributed by atoms with Crippen LogP contribution < -0.4 is 5.73 Å². The van der Waals surface area contributed by atoms with E-state index in [9.17, 15) is 0 Å². The number of hydrogen-bond donors (Lipinski definition) is 1. The van der Waals surface area contributed by atoms with Gasteiger partial charge >= 0.3 is 8.80 Å². The van der Waals surface area contributed by atoms with E-state index < -0.39 is 8.80 Å². The first-order valence-corrected chi connectivity index (χ1v) is 5.38. The van der Waals surface area contributed by atoms with Crippen molar-refractivity contribution in [1.29, 1.82) is 0 Å². The van der Waals surface area contributed by atoms with E-state index in [-0.39, 0.29) is 5.67 Å². The zero-order valence-electron chi connectivity index (χ0n) is 7.59. The van der Waals surface area contributed by atoms with Crippen molar-refractivity contribution in [3.8, 4) is 0 Å². The van der Waals surface area contributed by atoms with Gasteiger partial charge in [0.25, 0.3) is 0 Å². The summed E-state index contributed by atoms with van der Waals surface area (Å²) in [6.45, 7) is 1.98. The van der Waals surface area contributed by atoms with Crippen LogP contribution in [0.4, 0.5) is 0 Å². The summed E-state index contributed by atoms with van der Waals surface area (Å²) in [4.78, 5) is 0. The van der Waals surface area contributed by atoms with Crippen LogP contribution in [0.1, 0.15) is 13.3 Å². The van der Waals surface area contributed by atoms with Crippen molar-refractivity contribution in [3.05, 3.63) is 0 Å². The summed E-state index contributed by atoms with van der Waals surface area (Å²) in [6, 6.07) is 0. The van der Waals surface area contributed by atoms with E-state index in [2.05, 4.69) is 0 Å². The van der Waals surface area contributed by atoms with Gasteiger partial charge in [0.15, 0.2) is 0 Å². The molecular formula is C6H17NO3Si. The highest BCUT2D eigenvalue weighted by atomic mass is 28.4. The molecule has 0 aliphatic rings. The fraction of sp³-hybridized carbons (Fsp3) is 1.00. The van der Waals surface area contributed by atoms with Gasteiger partial charge in [-0.1, -0.05) is 6.92 Å². The summed E-state index contributed by atoms with van der Waals surface area (Å²) in [5, 5.41) is 0. The molecule has 0 aliphatic carbocycles. The minimum absolute atomic E-state index is 0.137. The molecule has 1 atom stereocenters. The van der Waals surface area contributed by atoms with Gasteiger partial charge in [-0.3, -0.25) is 0 Å². The van der Waals surface area contributed by atoms with Crippen molar-refractivity contribution in [1.82, 2.24) is 0 Å². The third kappa shape index (κ3) is 2.24. The Morgan fingerprint density at radius 2 is 1.55 bits per heavy atom. The molecule has 0 saturated carbocycles. The van der Waals surface area contributed by atoms with Gasteiger partial charge in [-0.05, 0) is 6.42 Å². The quantitative estimate of drug-likeness (QED) is 0.610. The number of hydrogen-bond acceptors (Lipinski definition) is 4. The maximum atomic E-state index is 5.77. The van der Waals surface area contributed by atoms with Crippen molar-refractivity contribution in [2.45, 2.75) is 19.0 Å². The molecule has 0 fully saturated rings. The third-order valence-corrected chi connectivity index (χ3v) is 4.77. The molecule has 4 nitrogen and oxygen atoms in total. The number of nitrogens with two attached hydrogens (primary N) is 1. The minimum Gasteiger partial charge on any atom is -0.376 e. The van der Waals surface area contributed by atoms with E-state index >= 15 is 0 Å². The molecule has 0 aromatic carbocycles. The average molecular weight is 179 g/mol. The molecule has 0 aliphatic heterocycles. The number of rotatable bonds is 5. The maximum Gasteiger partial charge on any atom is 0.517 e. The van der Waals surface area contributed by atoms with Crippen molar-refractivity contribution in [3.63, 3.8) is 0 Å². The van der Waals surface area contributed by atoms with E-state index in [4.69, 9.17) is 19.0 Å². The molecule has 0 heterocycles. The lowest BCUT2D eigenvalue weighted by Crippen LogP contribution is -2.58. The summed E-state index contributed by atoms with van der Waals surface area (Å²) >= 11 is 0. The first-order chi connectivity index (χ1) is 5.16. The van der Waals surface area contributed by atoms with E-state index in [1.165, 1.54) is 0 Å². The fourth-order valence-electron chi connectivity index (χ4n) is 0.954. The Kier molecular flexibility index (Phi) is 4.86. The second-order valence-electron chi connectivity index (χ2n) is 2.23. The van der Waals surface area contributed by atoms with Crippen LogP contribution in [0.5, 0.6) is 0 Å². The molecule has 0 amide bonds. The van der Waals surface area contributed by atoms with Crippen LogP contribution in [0.3, 0.4) is 0 Å². The van der Waals surface area contributed by atoms with Gasteiger partial charge in [0, 0.05) is 21.3 Å². The van der Waals surface area contributed by atoms with Crippen LogP contribution in [0, 0.1) is 0 Å². The minimum atomic E-state index is -2.54. The lowest BCUT2D eigenvalue weighted by atomic mass is 10.5. The van der Waals surface area contributed by atoms with Gasteiger partial charge in [-0.2, -0.15) is 0 Å². The molecule has 0 aromatic rings. The second-order valence-corrected chi connectivity index (χ2v) is 5.40. The molecule has 0 bridgehead atoms. The molecule has 0 rings (SSSR count). The van der Waals surface area contributed by atoms with Crippen LogP contribution in [0.15, 0.2) is 0 Å². The average Bonchev–Trinajstić information content (AvgIpc) is 2.08. The van der Waals surface area contributed by atoms with Gasteiger partial charge in [0.05, 0.1) is 5.67 Å². The smallest absolute Gasteiger partial charge is 0.376 e. The predicted octanol–water partition coefficient (Wildman–Crippen LogP) is 0.141. The second kappa shape index (κ2) is 4.84. The molecule has 0 radical (unpaired) electrons. The Labute approximate surface area is 69.0 Å². The van der Waals surface area contributed by atoms with E-state index in [1.807, 2.05) is 6.92 Å². The van der Waals surface area contributed by atoms with Gasteiger partial charge in [-0.25, -0.2) is 0 Å². The summed E-state index contributed by atoms with van der Waals surface area (Å²) in [5.74, 6) is 0. The van der Waals surface area contributed by atoms with E-state index in [0.29, 0.717) is 0 Å². The zero-order valence-corrected chi connectivity index (χ0v) is 8.59. The van der Waals surface area contributed by atoms with Gasteiger partial charge in [-0.15, -0.1) is 0 Å². The molecule has 0 unspecified atom stereocenters. The highest BCUT2D eigenvalue weighted by Gasteiger charge is 2.44. The van der Waals surface area contributed by atoms with Gasteiger partial charge in [0.1, 0.15) is 0 Å². The van der Waals surface area contributed by atoms with E-state index in [1.54, 1.807) is 21.3 Å². The lowest BCUT2D eigenvalue weighted by molar-refractivity contribution is 0.112. The fourth-order valence-corrected chi connectivity index (χ4v) is 2.86. The third-order valence-electron chi connectivity index (χ3n) is 1.75. The van der Waals surface area contributed by atoms with Gasteiger partial charge in [0.2, 0.25) is 0 Å². The zero-order chi connectivity index (χ0) is 8.91. The van der Waals surface area contributed by atoms with Crippen LogP contribution in [0.2, 0.25) is 0 Å². The van der Waals surface area contributed by atoms with Crippen LogP contribution >= 0.6 is 0 Å². The van der Waals surface area contributed by atoms with Crippen molar-refractivity contribution >= 4 is 8.80 Å². The van der Waals surface area contributed by atoms with Crippen LogP contribution in [-0.4, -0.2) is 35.8 Å². The normalized spacial score (nSPS) is 15.0. The summed E-state index contributed by atoms with van der Waals surface area (Å²) in [5.41, 5.74) is 5.63. The topological polar surface area (TPSA) is 53.7 Å². The Balaban J connectivity index is 4.26. The Morgan fingerprint density at radius 3 is 1.64 bits per heavy atom. The predicted molar refractivity (Wildman–Crippen MR) is 45.0 cm³/mol. The van der Waals surface area contributed by atoms with Gasteiger partial charge < -0.3 is 19.0 Å². The van der Waals surface area contributed by atoms with Crippen molar-refractivity contribution < 1.29 is 13.3 Å². The Bertz CT molecular complexity index is 99.7. The highest BCUT2D eigenvalue weighted by molar-refractivity contribution is 6.62. The Morgan fingerprint density at radius 1 is 1.18 bits per heavy atom. The first kappa shape index (κ1) is 11.1. The standard InChI is InChI=1S/C6H17NO3Si/c1-5-6(7)11(8-2,9-3)10-4/h6H,5,7H2,1-4H3/t6-/m0/s1. The molecule has 68 valence electrons. The molecule has 0 spiro atoms. The first-order valence-electron chi connectivity index (χ1n) is 3.57. The largest absolute Gasteiger partial charge is 0.517 e. The molecule has 0 saturated heterocycles. The monoisotopic (exact) mass is 179 g/mol. The molecule has 2 N–H and O–H groups in total. The summed E-state index contributed by atoms with van der Waals surface area (Å²) < 4.78 is 15.5. The van der Waals surface area contributed by atoms with Crippen molar-refractivity contribution in [2.75, 3.05) is 21.3 Å². The molecule has 0 aromatic heterocycles. The maximum absolute atomic E-state index is 5.77. The molecule has 11 heavy (non-hydrogen) atoms. The summed E-state index contributed by atoms with van der Waals surface area (Å²) in [6.07, 6.45) is 0.793. The Hall–Kier alpha value is 0.0569. The summed E-state index contributed by atoms with van der Waals surface area (Å²) in [7, 11) is 2.15. The highest BCUT2D eigenvalue weighted by Crippen LogP contribution is 2.11. The van der Waals surface area contributed by atoms with E-state index in [0.717, 1.165) is 6.42 Å². The molecule has 5 heteroatoms. The van der Waals surface area contributed by atoms with Crippen LogP contribution in [0.25, 0.3) is 0 Å². The lowest BCUT2D eigenvalue weighted by Gasteiger charge is -2.28. The molecular weight excluding hydrogens is 162 g/mol. The van der Waals surface area contributed by atoms with Crippen LogP contribution in [-0.2, 0) is 13.3 Å². The SMILES string of the molecule is CC[C@@H](N)[Si](OC)(OC)OC.